The summed E-state index contributed by atoms with van der Waals surface area (Å²) in [5.74, 6) is -0.887. The van der Waals surface area contributed by atoms with E-state index in [1.165, 1.54) is 25.0 Å². The fraction of sp³-hybridized carbons (Fsp3) is 0.667. The van der Waals surface area contributed by atoms with E-state index in [1.807, 2.05) is 4.90 Å². The minimum absolute atomic E-state index is 0.0922. The van der Waals surface area contributed by atoms with Gasteiger partial charge in [-0.05, 0) is 43.7 Å². The van der Waals surface area contributed by atoms with E-state index in [4.69, 9.17) is 0 Å². The minimum Gasteiger partial charge on any atom is -0.396 e. The predicted octanol–water partition coefficient (Wildman–Crippen LogP) is 4.08. The van der Waals surface area contributed by atoms with E-state index in [0.717, 1.165) is 44.6 Å². The molecule has 1 amide bonds. The fourth-order valence-electron chi connectivity index (χ4n) is 4.58. The van der Waals surface area contributed by atoms with Gasteiger partial charge >= 0.3 is 0 Å². The van der Waals surface area contributed by atoms with E-state index in [2.05, 4.69) is 0 Å². The number of halogens is 2. The molecule has 26 heavy (non-hydrogen) atoms. The van der Waals surface area contributed by atoms with Crippen LogP contribution in [-0.4, -0.2) is 35.6 Å². The minimum atomic E-state index is -0.599. The van der Waals surface area contributed by atoms with Crippen molar-refractivity contribution in [3.05, 3.63) is 35.4 Å². The zero-order chi connectivity index (χ0) is 18.6. The molecule has 1 heterocycles. The summed E-state index contributed by atoms with van der Waals surface area (Å²) < 4.78 is 27.3. The smallest absolute Gasteiger partial charge is 0.225 e. The standard InChI is InChI=1S/C21H29F2NO2/c22-18-9-8-17(19(23)12-18)13-21(15-25)10-5-11-24(14-21)20(26)16-6-3-1-2-4-7-16/h8-9,12,16,25H,1-7,10-11,13-15H2/t21-/m0/s1. The van der Waals surface area contributed by atoms with Crippen LogP contribution in [0.2, 0.25) is 0 Å². The number of rotatable bonds is 4. The maximum absolute atomic E-state index is 14.1. The number of hydrogen-bond acceptors (Lipinski definition) is 2. The van der Waals surface area contributed by atoms with E-state index >= 15 is 0 Å². The summed E-state index contributed by atoms with van der Waals surface area (Å²) in [5.41, 5.74) is -0.138. The zero-order valence-electron chi connectivity index (χ0n) is 15.4. The summed E-state index contributed by atoms with van der Waals surface area (Å²) >= 11 is 0. The second-order valence-electron chi connectivity index (χ2n) is 8.12. The van der Waals surface area contributed by atoms with Crippen LogP contribution in [0.4, 0.5) is 8.78 Å². The molecule has 1 aromatic rings. The highest BCUT2D eigenvalue weighted by molar-refractivity contribution is 5.79. The van der Waals surface area contributed by atoms with Gasteiger partial charge in [-0.1, -0.05) is 31.7 Å². The first-order valence-electron chi connectivity index (χ1n) is 9.87. The van der Waals surface area contributed by atoms with Gasteiger partial charge in [0.05, 0.1) is 6.61 Å². The van der Waals surface area contributed by atoms with Gasteiger partial charge in [0.2, 0.25) is 5.91 Å². The zero-order valence-corrected chi connectivity index (χ0v) is 15.4. The second-order valence-corrected chi connectivity index (χ2v) is 8.12. The van der Waals surface area contributed by atoms with Crippen LogP contribution in [0.1, 0.15) is 56.9 Å². The van der Waals surface area contributed by atoms with Crippen molar-refractivity contribution in [2.45, 2.75) is 57.8 Å². The third kappa shape index (κ3) is 4.43. The lowest BCUT2D eigenvalue weighted by Crippen LogP contribution is -2.50. The van der Waals surface area contributed by atoms with Gasteiger partial charge in [-0.3, -0.25) is 4.79 Å². The van der Waals surface area contributed by atoms with Crippen LogP contribution in [0.5, 0.6) is 0 Å². The summed E-state index contributed by atoms with van der Waals surface area (Å²) in [6, 6.07) is 3.59. The lowest BCUT2D eigenvalue weighted by Gasteiger charge is -2.43. The molecule has 1 aliphatic heterocycles. The van der Waals surface area contributed by atoms with Crippen molar-refractivity contribution in [2.24, 2.45) is 11.3 Å². The summed E-state index contributed by atoms with van der Waals surface area (Å²) in [6.45, 7) is 1.07. The van der Waals surface area contributed by atoms with Crippen molar-refractivity contribution in [3.8, 4) is 0 Å². The topological polar surface area (TPSA) is 40.5 Å². The molecule has 2 aliphatic rings. The van der Waals surface area contributed by atoms with Gasteiger partial charge in [-0.25, -0.2) is 8.78 Å². The van der Waals surface area contributed by atoms with E-state index in [1.54, 1.807) is 0 Å². The van der Waals surface area contributed by atoms with Gasteiger partial charge < -0.3 is 10.0 Å². The summed E-state index contributed by atoms with van der Waals surface area (Å²) in [6.07, 6.45) is 8.40. The lowest BCUT2D eigenvalue weighted by atomic mass is 9.75. The number of likely N-dealkylation sites (tertiary alicyclic amines) is 1. The highest BCUT2D eigenvalue weighted by atomic mass is 19.1. The Kier molecular flexibility index (Phi) is 6.28. The van der Waals surface area contributed by atoms with E-state index < -0.39 is 17.0 Å². The Balaban J connectivity index is 1.72. The Morgan fingerprint density at radius 1 is 1.15 bits per heavy atom. The van der Waals surface area contributed by atoms with Gasteiger partial charge in [0, 0.05) is 30.5 Å². The first-order valence-corrected chi connectivity index (χ1v) is 9.87. The Hall–Kier alpha value is -1.49. The number of piperidine rings is 1. The molecule has 1 saturated heterocycles. The molecule has 1 saturated carbocycles. The molecule has 0 spiro atoms. The highest BCUT2D eigenvalue weighted by Gasteiger charge is 2.39. The van der Waals surface area contributed by atoms with Crippen LogP contribution in [0.25, 0.3) is 0 Å². The number of nitrogens with zero attached hydrogens (tertiary/aromatic N) is 1. The summed E-state index contributed by atoms with van der Waals surface area (Å²) in [7, 11) is 0. The van der Waals surface area contributed by atoms with Crippen LogP contribution >= 0.6 is 0 Å². The molecule has 1 aromatic carbocycles. The molecule has 0 bridgehead atoms. The average Bonchev–Trinajstić information content (AvgIpc) is 2.93. The predicted molar refractivity (Wildman–Crippen MR) is 96.6 cm³/mol. The van der Waals surface area contributed by atoms with Crippen molar-refractivity contribution in [1.29, 1.82) is 0 Å². The first kappa shape index (κ1) is 19.3. The van der Waals surface area contributed by atoms with Crippen LogP contribution in [0, 0.1) is 23.0 Å². The van der Waals surface area contributed by atoms with Gasteiger partial charge in [-0.2, -0.15) is 0 Å². The SMILES string of the molecule is O=C(C1CCCCCC1)N1CCC[C@](CO)(Cc2ccc(F)cc2F)C1. The van der Waals surface area contributed by atoms with Crippen molar-refractivity contribution in [3.63, 3.8) is 0 Å². The molecule has 144 valence electrons. The average molecular weight is 365 g/mol. The lowest BCUT2D eigenvalue weighted by molar-refractivity contribution is -0.140. The molecule has 2 fully saturated rings. The van der Waals surface area contributed by atoms with Crippen molar-refractivity contribution in [2.75, 3.05) is 19.7 Å². The van der Waals surface area contributed by atoms with Crippen LogP contribution in [-0.2, 0) is 11.2 Å². The molecular weight excluding hydrogens is 336 g/mol. The fourth-order valence-corrected chi connectivity index (χ4v) is 4.58. The molecular formula is C21H29F2NO2. The molecule has 0 aromatic heterocycles. The Morgan fingerprint density at radius 3 is 2.54 bits per heavy atom. The molecule has 0 radical (unpaired) electrons. The van der Waals surface area contributed by atoms with Crippen LogP contribution in [0.15, 0.2) is 18.2 Å². The van der Waals surface area contributed by atoms with Crippen molar-refractivity contribution < 1.29 is 18.7 Å². The quantitative estimate of drug-likeness (QED) is 0.817. The summed E-state index contributed by atoms with van der Waals surface area (Å²) in [5, 5.41) is 10.1. The number of aliphatic hydroxyl groups excluding tert-OH is 1. The molecule has 5 heteroatoms. The maximum Gasteiger partial charge on any atom is 0.225 e. The third-order valence-electron chi connectivity index (χ3n) is 6.09. The normalized spacial score (nSPS) is 25.1. The number of benzene rings is 1. The van der Waals surface area contributed by atoms with Crippen molar-refractivity contribution >= 4 is 5.91 Å². The third-order valence-corrected chi connectivity index (χ3v) is 6.09. The number of carbonyl (C=O) groups is 1. The first-order chi connectivity index (χ1) is 12.5. The van der Waals surface area contributed by atoms with Crippen molar-refractivity contribution in [1.82, 2.24) is 4.90 Å². The van der Waals surface area contributed by atoms with E-state index in [9.17, 15) is 18.7 Å². The second kappa shape index (κ2) is 8.47. The number of hydrogen-bond donors (Lipinski definition) is 1. The Morgan fingerprint density at radius 2 is 1.88 bits per heavy atom. The monoisotopic (exact) mass is 365 g/mol. The van der Waals surface area contributed by atoms with Gasteiger partial charge in [0.25, 0.3) is 0 Å². The molecule has 3 rings (SSSR count). The Labute approximate surface area is 154 Å². The largest absolute Gasteiger partial charge is 0.396 e. The van der Waals surface area contributed by atoms with E-state index in [-0.39, 0.29) is 18.4 Å². The summed E-state index contributed by atoms with van der Waals surface area (Å²) in [4.78, 5) is 14.9. The number of amides is 1. The van der Waals surface area contributed by atoms with Crippen LogP contribution in [0.3, 0.4) is 0 Å². The van der Waals surface area contributed by atoms with Gasteiger partial charge in [0.15, 0.2) is 0 Å². The number of aliphatic hydroxyl groups is 1. The highest BCUT2D eigenvalue weighted by Crippen LogP contribution is 2.36. The maximum atomic E-state index is 14.1. The molecule has 1 atom stereocenters. The molecule has 1 aliphatic carbocycles. The van der Waals surface area contributed by atoms with E-state index in [0.29, 0.717) is 25.1 Å². The molecule has 0 unspecified atom stereocenters. The van der Waals surface area contributed by atoms with Crippen LogP contribution < -0.4 is 0 Å². The van der Waals surface area contributed by atoms with Gasteiger partial charge in [0.1, 0.15) is 11.6 Å². The molecule has 3 nitrogen and oxygen atoms in total. The van der Waals surface area contributed by atoms with Gasteiger partial charge in [-0.15, -0.1) is 0 Å². The number of carbonyl (C=O) groups excluding carboxylic acids is 1. The molecule has 1 N–H and O–H groups in total. The Bertz CT molecular complexity index is 628.